The number of carbonyl (C=O) groups is 2. The molecule has 0 aromatic carbocycles. The standard InChI is InChI=1S/C16H28N2O2S/c1-21-14(15(19)17-12-8-4-2-5-9-12)16(20)18-13-10-6-3-7-11-13/h12-14H,2-11H2,1H3,(H,17,19)(H,18,20). The lowest BCUT2D eigenvalue weighted by Crippen LogP contribution is -2.49. The number of hydrogen-bond donors (Lipinski definition) is 2. The van der Waals surface area contributed by atoms with Crippen molar-refractivity contribution in [1.82, 2.24) is 10.6 Å². The van der Waals surface area contributed by atoms with Gasteiger partial charge in [-0.1, -0.05) is 38.5 Å². The van der Waals surface area contributed by atoms with Crippen LogP contribution in [-0.4, -0.2) is 35.4 Å². The van der Waals surface area contributed by atoms with Crippen molar-refractivity contribution in [1.29, 1.82) is 0 Å². The van der Waals surface area contributed by atoms with Crippen molar-refractivity contribution in [3.05, 3.63) is 0 Å². The van der Waals surface area contributed by atoms with Crippen LogP contribution >= 0.6 is 11.8 Å². The van der Waals surface area contributed by atoms with E-state index in [9.17, 15) is 9.59 Å². The van der Waals surface area contributed by atoms with Crippen molar-refractivity contribution >= 4 is 23.6 Å². The minimum atomic E-state index is -0.603. The Morgan fingerprint density at radius 2 is 1.19 bits per heavy atom. The molecule has 0 saturated heterocycles. The minimum Gasteiger partial charge on any atom is -0.352 e. The van der Waals surface area contributed by atoms with Gasteiger partial charge in [-0.2, -0.15) is 0 Å². The average molecular weight is 312 g/mol. The summed E-state index contributed by atoms with van der Waals surface area (Å²) in [7, 11) is 0. The summed E-state index contributed by atoms with van der Waals surface area (Å²) in [6, 6.07) is 0.534. The van der Waals surface area contributed by atoms with E-state index in [1.807, 2.05) is 6.26 Å². The topological polar surface area (TPSA) is 58.2 Å². The van der Waals surface area contributed by atoms with E-state index in [0.29, 0.717) is 0 Å². The van der Waals surface area contributed by atoms with Gasteiger partial charge in [0.05, 0.1) is 0 Å². The molecule has 2 aliphatic rings. The van der Waals surface area contributed by atoms with Crippen LogP contribution in [0.1, 0.15) is 64.2 Å². The normalized spacial score (nSPS) is 21.2. The Kier molecular flexibility index (Phi) is 6.87. The minimum absolute atomic E-state index is 0.109. The van der Waals surface area contributed by atoms with Gasteiger partial charge in [-0.3, -0.25) is 9.59 Å². The predicted molar refractivity (Wildman–Crippen MR) is 87.3 cm³/mol. The van der Waals surface area contributed by atoms with Crippen LogP contribution in [0.15, 0.2) is 0 Å². The second kappa shape index (κ2) is 8.66. The molecule has 2 rings (SSSR count). The van der Waals surface area contributed by atoms with Gasteiger partial charge in [0.25, 0.3) is 0 Å². The quantitative estimate of drug-likeness (QED) is 0.767. The van der Waals surface area contributed by atoms with E-state index in [1.54, 1.807) is 0 Å². The van der Waals surface area contributed by atoms with Crippen LogP contribution in [-0.2, 0) is 9.59 Å². The first-order valence-electron chi connectivity index (χ1n) is 8.34. The van der Waals surface area contributed by atoms with Crippen LogP contribution in [0, 0.1) is 0 Å². The summed E-state index contributed by atoms with van der Waals surface area (Å²) in [5.41, 5.74) is 0. The van der Waals surface area contributed by atoms with Crippen molar-refractivity contribution in [3.8, 4) is 0 Å². The Morgan fingerprint density at radius 3 is 1.52 bits per heavy atom. The number of amides is 2. The Hall–Kier alpha value is -0.710. The molecule has 2 fully saturated rings. The molecule has 0 heterocycles. The zero-order valence-corrected chi connectivity index (χ0v) is 13.8. The van der Waals surface area contributed by atoms with E-state index in [0.717, 1.165) is 25.7 Å². The van der Waals surface area contributed by atoms with Crippen LogP contribution in [0.5, 0.6) is 0 Å². The summed E-state index contributed by atoms with van der Waals surface area (Å²) >= 11 is 1.34. The second-order valence-electron chi connectivity index (χ2n) is 6.30. The highest BCUT2D eigenvalue weighted by molar-refractivity contribution is 8.00. The fourth-order valence-corrected chi connectivity index (χ4v) is 3.94. The molecular formula is C16H28N2O2S. The maximum Gasteiger partial charge on any atom is 0.242 e. The van der Waals surface area contributed by atoms with Gasteiger partial charge >= 0.3 is 0 Å². The van der Waals surface area contributed by atoms with E-state index >= 15 is 0 Å². The lowest BCUT2D eigenvalue weighted by molar-refractivity contribution is -0.129. The number of rotatable bonds is 5. The molecule has 0 bridgehead atoms. The molecule has 21 heavy (non-hydrogen) atoms. The van der Waals surface area contributed by atoms with Gasteiger partial charge in [0, 0.05) is 12.1 Å². The molecule has 2 N–H and O–H groups in total. The number of nitrogens with one attached hydrogen (secondary N) is 2. The van der Waals surface area contributed by atoms with Gasteiger partial charge in [-0.15, -0.1) is 11.8 Å². The highest BCUT2D eigenvalue weighted by Crippen LogP contribution is 2.20. The smallest absolute Gasteiger partial charge is 0.242 e. The van der Waals surface area contributed by atoms with E-state index < -0.39 is 5.25 Å². The van der Waals surface area contributed by atoms with E-state index in [4.69, 9.17) is 0 Å². The lowest BCUT2D eigenvalue weighted by atomic mass is 9.95. The Bertz CT molecular complexity index is 318. The van der Waals surface area contributed by atoms with Crippen LogP contribution in [0.25, 0.3) is 0 Å². The molecule has 0 aromatic heterocycles. The lowest BCUT2D eigenvalue weighted by Gasteiger charge is -2.27. The summed E-state index contributed by atoms with van der Waals surface area (Å²) in [6.45, 7) is 0. The molecule has 0 aliphatic heterocycles. The van der Waals surface area contributed by atoms with Crippen LogP contribution in [0.4, 0.5) is 0 Å². The molecule has 0 spiro atoms. The largest absolute Gasteiger partial charge is 0.352 e. The third-order valence-electron chi connectivity index (χ3n) is 4.62. The Morgan fingerprint density at radius 1 is 0.810 bits per heavy atom. The molecule has 2 aliphatic carbocycles. The first kappa shape index (κ1) is 16.7. The third-order valence-corrected chi connectivity index (χ3v) is 5.51. The predicted octanol–water partition coefficient (Wildman–Crippen LogP) is 2.62. The zero-order valence-electron chi connectivity index (χ0n) is 13.0. The van der Waals surface area contributed by atoms with Crippen LogP contribution < -0.4 is 10.6 Å². The first-order valence-corrected chi connectivity index (χ1v) is 9.63. The molecule has 0 atom stereocenters. The first-order chi connectivity index (χ1) is 10.2. The second-order valence-corrected chi connectivity index (χ2v) is 7.25. The molecule has 0 aromatic rings. The SMILES string of the molecule is CSC(C(=O)NC1CCCCC1)C(=O)NC1CCCCC1. The van der Waals surface area contributed by atoms with Crippen molar-refractivity contribution in [2.75, 3.05) is 6.26 Å². The maximum atomic E-state index is 12.3. The number of thioether (sulfide) groups is 1. The van der Waals surface area contributed by atoms with Gasteiger partial charge in [0.1, 0.15) is 0 Å². The van der Waals surface area contributed by atoms with Gasteiger partial charge in [0.2, 0.25) is 11.8 Å². The van der Waals surface area contributed by atoms with Crippen molar-refractivity contribution in [3.63, 3.8) is 0 Å². The number of carbonyl (C=O) groups excluding carboxylic acids is 2. The van der Waals surface area contributed by atoms with E-state index in [1.165, 1.54) is 50.3 Å². The molecular weight excluding hydrogens is 284 g/mol. The van der Waals surface area contributed by atoms with Gasteiger partial charge < -0.3 is 10.6 Å². The monoisotopic (exact) mass is 312 g/mol. The average Bonchev–Trinajstić information content (AvgIpc) is 2.50. The molecule has 5 heteroatoms. The summed E-state index contributed by atoms with van der Waals surface area (Å²) in [5, 5.41) is 5.53. The Balaban J connectivity index is 1.81. The van der Waals surface area contributed by atoms with E-state index in [2.05, 4.69) is 10.6 Å². The maximum absolute atomic E-state index is 12.3. The summed E-state index contributed by atoms with van der Waals surface area (Å²) < 4.78 is 0. The highest BCUT2D eigenvalue weighted by Gasteiger charge is 2.29. The van der Waals surface area contributed by atoms with Gasteiger partial charge in [-0.25, -0.2) is 0 Å². The van der Waals surface area contributed by atoms with Gasteiger partial charge in [-0.05, 0) is 31.9 Å². The summed E-state index contributed by atoms with van der Waals surface area (Å²) in [4.78, 5) is 24.7. The van der Waals surface area contributed by atoms with Gasteiger partial charge in [0.15, 0.2) is 5.25 Å². The zero-order chi connectivity index (χ0) is 15.1. The summed E-state index contributed by atoms with van der Waals surface area (Å²) in [5.74, 6) is -0.217. The molecule has 120 valence electrons. The fraction of sp³-hybridized carbons (Fsp3) is 0.875. The Labute approximate surface area is 132 Å². The fourth-order valence-electron chi connectivity index (χ4n) is 3.38. The van der Waals surface area contributed by atoms with Crippen molar-refractivity contribution in [2.24, 2.45) is 0 Å². The van der Waals surface area contributed by atoms with Crippen LogP contribution in [0.3, 0.4) is 0 Å². The molecule has 2 amide bonds. The highest BCUT2D eigenvalue weighted by atomic mass is 32.2. The molecule has 4 nitrogen and oxygen atoms in total. The third kappa shape index (κ3) is 5.20. The summed E-state index contributed by atoms with van der Waals surface area (Å²) in [6.07, 6.45) is 13.3. The van der Waals surface area contributed by atoms with Crippen LogP contribution in [0.2, 0.25) is 0 Å². The molecule has 0 radical (unpaired) electrons. The molecule has 0 unspecified atom stereocenters. The van der Waals surface area contributed by atoms with Crippen molar-refractivity contribution < 1.29 is 9.59 Å². The van der Waals surface area contributed by atoms with Crippen molar-refractivity contribution in [2.45, 2.75) is 81.5 Å². The number of hydrogen-bond acceptors (Lipinski definition) is 3. The van der Waals surface area contributed by atoms with E-state index in [-0.39, 0.29) is 23.9 Å². The molecule has 2 saturated carbocycles.